The molecule has 0 spiro atoms. The number of piperidine rings is 1. The average molecular weight is 600 g/mol. The smallest absolute Gasteiger partial charge is 0.382 e. The first kappa shape index (κ1) is 30.8. The van der Waals surface area contributed by atoms with Crippen molar-refractivity contribution in [3.63, 3.8) is 0 Å². The molecule has 0 saturated carbocycles. The fourth-order valence-corrected chi connectivity index (χ4v) is 5.64. The zero-order chi connectivity index (χ0) is 29.9. The third-order valence-electron chi connectivity index (χ3n) is 7.71. The first-order chi connectivity index (χ1) is 19.3. The number of rotatable bonds is 6. The highest BCUT2D eigenvalue weighted by molar-refractivity contribution is 7.80. The van der Waals surface area contributed by atoms with Crippen molar-refractivity contribution in [1.29, 1.82) is 5.26 Å². The van der Waals surface area contributed by atoms with Gasteiger partial charge < -0.3 is 15.1 Å². The van der Waals surface area contributed by atoms with Gasteiger partial charge in [-0.3, -0.25) is 9.69 Å². The average Bonchev–Trinajstić information content (AvgIpc) is 2.95. The summed E-state index contributed by atoms with van der Waals surface area (Å²) in [4.78, 5) is 19.1. The molecule has 2 saturated heterocycles. The maximum Gasteiger partial charge on any atom is 0.417 e. The Labute approximate surface area is 240 Å². The summed E-state index contributed by atoms with van der Waals surface area (Å²) >= 11 is 4.73. The van der Waals surface area contributed by atoms with E-state index in [9.17, 15) is 31.1 Å². The van der Waals surface area contributed by atoms with Gasteiger partial charge in [-0.25, -0.2) is 0 Å². The maximum atomic E-state index is 13.3. The van der Waals surface area contributed by atoms with Gasteiger partial charge in [-0.1, -0.05) is 6.92 Å². The molecule has 1 N–H and O–H groups in total. The molecule has 4 rings (SSSR count). The molecule has 2 atom stereocenters. The Morgan fingerprint density at radius 3 is 2.10 bits per heavy atom. The molecule has 0 aliphatic carbocycles. The Hall–Kier alpha value is -3.11. The van der Waals surface area contributed by atoms with E-state index in [0.29, 0.717) is 57.8 Å². The first-order valence-electron chi connectivity index (χ1n) is 13.3. The SMILES string of the molecule is CC(C(=O)N1CCC(Nc2ccc(C#N)c(C(F)(F)F)c2)CC1)C(S)N1CCN(c2ccc(C(F)(F)F)cc2)CC1. The lowest BCUT2D eigenvalue weighted by molar-refractivity contribution is -0.138. The summed E-state index contributed by atoms with van der Waals surface area (Å²) < 4.78 is 78.4. The minimum absolute atomic E-state index is 0.0497. The lowest BCUT2D eigenvalue weighted by Gasteiger charge is -2.41. The van der Waals surface area contributed by atoms with Crippen molar-refractivity contribution in [2.24, 2.45) is 5.92 Å². The molecule has 2 unspecified atom stereocenters. The molecule has 222 valence electrons. The predicted molar refractivity (Wildman–Crippen MR) is 147 cm³/mol. The van der Waals surface area contributed by atoms with E-state index >= 15 is 0 Å². The first-order valence-corrected chi connectivity index (χ1v) is 13.8. The van der Waals surface area contributed by atoms with E-state index in [1.807, 2.05) is 11.8 Å². The van der Waals surface area contributed by atoms with Gasteiger partial charge in [0, 0.05) is 56.7 Å². The van der Waals surface area contributed by atoms with Gasteiger partial charge in [0.25, 0.3) is 0 Å². The predicted octanol–water partition coefficient (Wildman–Crippen LogP) is 5.71. The molecule has 2 aromatic carbocycles. The van der Waals surface area contributed by atoms with Crippen molar-refractivity contribution in [3.8, 4) is 6.07 Å². The summed E-state index contributed by atoms with van der Waals surface area (Å²) in [6.07, 6.45) is -7.89. The molecule has 1 amide bonds. The second-order valence-electron chi connectivity index (χ2n) is 10.4. The van der Waals surface area contributed by atoms with E-state index in [2.05, 4.69) is 10.2 Å². The minimum atomic E-state index is -4.63. The van der Waals surface area contributed by atoms with E-state index < -0.39 is 35.0 Å². The molecule has 2 aliphatic heterocycles. The number of benzene rings is 2. The standard InChI is InChI=1S/C28H31F6N5OS/c1-18(26(41)39-14-12-37(13-15-39)23-6-3-20(4-7-23)27(29,30)31)25(40)38-10-8-21(9-11-38)36-22-5-2-19(17-35)24(16-22)28(32,33)34/h2-7,16,18,21,26,36,41H,8-15H2,1H3. The Morgan fingerprint density at radius 2 is 1.56 bits per heavy atom. The number of nitrogens with one attached hydrogen (secondary N) is 1. The highest BCUT2D eigenvalue weighted by atomic mass is 32.1. The second-order valence-corrected chi connectivity index (χ2v) is 10.9. The minimum Gasteiger partial charge on any atom is -0.382 e. The number of anilines is 2. The molecule has 41 heavy (non-hydrogen) atoms. The van der Waals surface area contributed by atoms with Crippen LogP contribution in [0.15, 0.2) is 42.5 Å². The number of carbonyl (C=O) groups excluding carboxylic acids is 1. The molecular weight excluding hydrogens is 568 g/mol. The lowest BCUT2D eigenvalue weighted by atomic mass is 10.0. The van der Waals surface area contributed by atoms with Crippen LogP contribution in [0, 0.1) is 17.2 Å². The Balaban J connectivity index is 1.26. The Bertz CT molecular complexity index is 1250. The number of carbonyl (C=O) groups is 1. The van der Waals surface area contributed by atoms with Crippen LogP contribution in [0.2, 0.25) is 0 Å². The van der Waals surface area contributed by atoms with Crippen LogP contribution in [-0.2, 0) is 17.1 Å². The van der Waals surface area contributed by atoms with Crippen molar-refractivity contribution in [1.82, 2.24) is 9.80 Å². The molecule has 2 aliphatic rings. The van der Waals surface area contributed by atoms with Crippen LogP contribution in [0.3, 0.4) is 0 Å². The number of nitrogens with zero attached hydrogens (tertiary/aromatic N) is 4. The van der Waals surface area contributed by atoms with E-state index in [0.717, 1.165) is 24.3 Å². The summed E-state index contributed by atoms with van der Waals surface area (Å²) in [5.74, 6) is -0.459. The molecule has 0 aromatic heterocycles. The fraction of sp³-hybridized carbons (Fsp3) is 0.500. The normalized spacial score (nSPS) is 19.0. The van der Waals surface area contributed by atoms with Gasteiger partial charge in [-0.15, -0.1) is 0 Å². The number of likely N-dealkylation sites (tertiary alicyclic amines) is 1. The van der Waals surface area contributed by atoms with Crippen LogP contribution in [0.5, 0.6) is 0 Å². The molecule has 2 fully saturated rings. The molecule has 6 nitrogen and oxygen atoms in total. The van der Waals surface area contributed by atoms with Gasteiger partial charge in [0.1, 0.15) is 0 Å². The third-order valence-corrected chi connectivity index (χ3v) is 8.48. The highest BCUT2D eigenvalue weighted by Gasteiger charge is 2.36. The summed E-state index contributed by atoms with van der Waals surface area (Å²) in [6, 6.07) is 10.1. The van der Waals surface area contributed by atoms with E-state index in [1.54, 1.807) is 11.0 Å². The van der Waals surface area contributed by atoms with Crippen molar-refractivity contribution in [2.45, 2.75) is 43.5 Å². The summed E-state index contributed by atoms with van der Waals surface area (Å²) in [7, 11) is 0. The van der Waals surface area contributed by atoms with Crippen LogP contribution in [0.1, 0.15) is 36.5 Å². The summed E-state index contributed by atoms with van der Waals surface area (Å²) in [5, 5.41) is 11.7. The van der Waals surface area contributed by atoms with Crippen molar-refractivity contribution < 1.29 is 31.1 Å². The van der Waals surface area contributed by atoms with Gasteiger partial charge in [-0.2, -0.15) is 44.2 Å². The molecule has 2 heterocycles. The number of piperazine rings is 1. The fourth-order valence-electron chi connectivity index (χ4n) is 5.28. The van der Waals surface area contributed by atoms with E-state index in [-0.39, 0.29) is 23.0 Å². The molecule has 0 radical (unpaired) electrons. The quantitative estimate of drug-likeness (QED) is 0.329. The lowest BCUT2D eigenvalue weighted by Crippen LogP contribution is -2.53. The number of amides is 1. The number of thiol groups is 1. The van der Waals surface area contributed by atoms with E-state index in [4.69, 9.17) is 17.9 Å². The van der Waals surface area contributed by atoms with Crippen molar-refractivity contribution >= 4 is 29.9 Å². The van der Waals surface area contributed by atoms with Gasteiger partial charge in [0.05, 0.1) is 34.1 Å². The van der Waals surface area contributed by atoms with Crippen LogP contribution in [0.25, 0.3) is 0 Å². The zero-order valence-electron chi connectivity index (χ0n) is 22.3. The van der Waals surface area contributed by atoms with Crippen molar-refractivity contribution in [3.05, 3.63) is 59.2 Å². The number of nitriles is 1. The van der Waals surface area contributed by atoms with Crippen LogP contribution < -0.4 is 10.2 Å². The molecule has 2 aromatic rings. The number of halogens is 6. The van der Waals surface area contributed by atoms with Gasteiger partial charge in [0.15, 0.2) is 0 Å². The second kappa shape index (κ2) is 12.4. The summed E-state index contributed by atoms with van der Waals surface area (Å²) in [5.41, 5.74) is -1.11. The van der Waals surface area contributed by atoms with Gasteiger partial charge in [-0.05, 0) is 55.3 Å². The number of hydrogen-bond donors (Lipinski definition) is 2. The zero-order valence-corrected chi connectivity index (χ0v) is 23.2. The van der Waals surface area contributed by atoms with Crippen LogP contribution >= 0.6 is 12.6 Å². The third kappa shape index (κ3) is 7.40. The van der Waals surface area contributed by atoms with Gasteiger partial charge in [0.2, 0.25) is 5.91 Å². The highest BCUT2D eigenvalue weighted by Crippen LogP contribution is 2.34. The van der Waals surface area contributed by atoms with Crippen LogP contribution in [-0.4, -0.2) is 66.4 Å². The topological polar surface area (TPSA) is 62.6 Å². The Kier molecular flexibility index (Phi) is 9.33. The molecule has 13 heteroatoms. The molecule has 0 bridgehead atoms. The molecular formula is C28H31F6N5OS. The van der Waals surface area contributed by atoms with Crippen LogP contribution in [0.4, 0.5) is 37.7 Å². The largest absolute Gasteiger partial charge is 0.417 e. The monoisotopic (exact) mass is 599 g/mol. The van der Waals surface area contributed by atoms with Gasteiger partial charge >= 0.3 is 12.4 Å². The van der Waals surface area contributed by atoms with Crippen molar-refractivity contribution in [2.75, 3.05) is 49.5 Å². The Morgan fingerprint density at radius 1 is 0.951 bits per heavy atom. The summed E-state index contributed by atoms with van der Waals surface area (Å²) in [6.45, 7) is 5.10. The number of hydrogen-bond acceptors (Lipinski definition) is 6. The maximum absolute atomic E-state index is 13.3. The van der Waals surface area contributed by atoms with E-state index in [1.165, 1.54) is 18.2 Å². The number of alkyl halides is 6.